The molecule has 0 fully saturated rings. The third kappa shape index (κ3) is 2.59. The summed E-state index contributed by atoms with van der Waals surface area (Å²) in [5.41, 5.74) is 0.933. The van der Waals surface area contributed by atoms with Crippen molar-refractivity contribution in [2.24, 2.45) is 0 Å². The van der Waals surface area contributed by atoms with Crippen molar-refractivity contribution in [1.29, 1.82) is 0 Å². The average molecular weight is 307 g/mol. The summed E-state index contributed by atoms with van der Waals surface area (Å²) in [5, 5.41) is 10.9. The van der Waals surface area contributed by atoms with E-state index in [1.807, 2.05) is 24.6 Å². The second-order valence-corrected chi connectivity index (χ2v) is 5.93. The molecule has 0 N–H and O–H groups in total. The topological polar surface area (TPSA) is 30.7 Å². The fraction of sp³-hybridized carbons (Fsp3) is 0.333. The van der Waals surface area contributed by atoms with Gasteiger partial charge in [-0.3, -0.25) is 0 Å². The molecule has 0 aliphatic heterocycles. The summed E-state index contributed by atoms with van der Waals surface area (Å²) >= 11 is 11.1. The molecule has 2 aromatic rings. The Morgan fingerprint density at radius 2 is 2.47 bits per heavy atom. The quantitative estimate of drug-likeness (QED) is 0.813. The third-order valence-electron chi connectivity index (χ3n) is 1.96. The maximum Gasteiger partial charge on any atom is 0.0960 e. The van der Waals surface area contributed by atoms with Crippen LogP contribution in [0.25, 0.3) is 0 Å². The zero-order chi connectivity index (χ0) is 10.8. The molecule has 0 aromatic carbocycles. The van der Waals surface area contributed by atoms with Crippen LogP contribution in [-0.2, 0) is 6.54 Å². The van der Waals surface area contributed by atoms with E-state index in [1.165, 1.54) is 0 Å². The Morgan fingerprint density at radius 1 is 1.67 bits per heavy atom. The zero-order valence-electron chi connectivity index (χ0n) is 8.02. The predicted octanol–water partition coefficient (Wildman–Crippen LogP) is 3.50. The lowest BCUT2D eigenvalue weighted by atomic mass is 10.4. The largest absolute Gasteiger partial charge is 0.247 e. The summed E-state index contributed by atoms with van der Waals surface area (Å²) in [6.07, 6.45) is 1.93. The van der Waals surface area contributed by atoms with Crippen molar-refractivity contribution in [2.45, 2.75) is 18.3 Å². The number of thiophene rings is 1. The molecule has 0 aliphatic carbocycles. The third-order valence-corrected chi connectivity index (χ3v) is 3.80. The van der Waals surface area contributed by atoms with Gasteiger partial charge in [-0.1, -0.05) is 32.7 Å². The van der Waals surface area contributed by atoms with Crippen molar-refractivity contribution in [3.63, 3.8) is 0 Å². The highest BCUT2D eigenvalue weighted by atomic mass is 79.9. The van der Waals surface area contributed by atoms with Crippen molar-refractivity contribution in [1.82, 2.24) is 15.0 Å². The first-order chi connectivity index (χ1) is 7.16. The minimum atomic E-state index is 0.227. The van der Waals surface area contributed by atoms with Gasteiger partial charge in [0, 0.05) is 11.1 Å². The van der Waals surface area contributed by atoms with Gasteiger partial charge < -0.3 is 0 Å². The van der Waals surface area contributed by atoms with Crippen LogP contribution in [-0.4, -0.2) is 15.0 Å². The molecule has 0 saturated carbocycles. The molecular weight excluding hydrogens is 298 g/mol. The number of alkyl halides is 1. The van der Waals surface area contributed by atoms with Crippen LogP contribution in [0.15, 0.2) is 17.6 Å². The first-order valence-corrected chi connectivity index (χ1v) is 6.60. The second-order valence-electron chi connectivity index (χ2n) is 3.15. The highest BCUT2D eigenvalue weighted by molar-refractivity contribution is 9.09. The van der Waals surface area contributed by atoms with Gasteiger partial charge in [0.1, 0.15) is 0 Å². The molecular formula is C9H9BrClN3S. The van der Waals surface area contributed by atoms with Gasteiger partial charge in [0.15, 0.2) is 0 Å². The van der Waals surface area contributed by atoms with E-state index < -0.39 is 0 Å². The summed E-state index contributed by atoms with van der Waals surface area (Å²) in [6, 6.07) is 1.90. The SMILES string of the molecule is CC(Br)c1cn(Cc2sccc2Cl)nn1. The van der Waals surface area contributed by atoms with Gasteiger partial charge in [-0.15, -0.1) is 16.4 Å². The molecule has 0 saturated heterocycles. The number of hydrogen-bond donors (Lipinski definition) is 0. The summed E-state index contributed by atoms with van der Waals surface area (Å²) in [7, 11) is 0. The fourth-order valence-electron chi connectivity index (χ4n) is 1.16. The van der Waals surface area contributed by atoms with Crippen LogP contribution in [0.1, 0.15) is 22.3 Å². The lowest BCUT2D eigenvalue weighted by molar-refractivity contribution is 0.655. The first-order valence-electron chi connectivity index (χ1n) is 4.43. The lowest BCUT2D eigenvalue weighted by Crippen LogP contribution is -1.98. The average Bonchev–Trinajstić information content (AvgIpc) is 2.77. The molecule has 2 rings (SSSR count). The molecule has 80 valence electrons. The molecule has 1 unspecified atom stereocenters. The number of rotatable bonds is 3. The number of nitrogens with zero attached hydrogens (tertiary/aromatic N) is 3. The van der Waals surface area contributed by atoms with E-state index in [1.54, 1.807) is 16.0 Å². The normalized spacial score (nSPS) is 13.0. The second kappa shape index (κ2) is 4.63. The summed E-state index contributed by atoms with van der Waals surface area (Å²) < 4.78 is 1.80. The maximum atomic E-state index is 6.00. The molecule has 0 bridgehead atoms. The molecule has 2 heterocycles. The van der Waals surface area contributed by atoms with Gasteiger partial charge in [0.05, 0.1) is 22.1 Å². The molecule has 6 heteroatoms. The van der Waals surface area contributed by atoms with Crippen LogP contribution in [0.2, 0.25) is 5.02 Å². The van der Waals surface area contributed by atoms with Crippen LogP contribution < -0.4 is 0 Å². The maximum absolute atomic E-state index is 6.00. The zero-order valence-corrected chi connectivity index (χ0v) is 11.2. The van der Waals surface area contributed by atoms with Crippen LogP contribution in [0.4, 0.5) is 0 Å². The summed E-state index contributed by atoms with van der Waals surface area (Å²) in [5.74, 6) is 0. The monoisotopic (exact) mass is 305 g/mol. The van der Waals surface area contributed by atoms with Gasteiger partial charge >= 0.3 is 0 Å². The Hall–Kier alpha value is -0.390. The van der Waals surface area contributed by atoms with Gasteiger partial charge in [-0.25, -0.2) is 4.68 Å². The summed E-state index contributed by atoms with van der Waals surface area (Å²) in [4.78, 5) is 1.33. The van der Waals surface area contributed by atoms with Crippen LogP contribution in [0, 0.1) is 0 Å². The van der Waals surface area contributed by atoms with Gasteiger partial charge in [0.2, 0.25) is 0 Å². The molecule has 1 atom stereocenters. The highest BCUT2D eigenvalue weighted by Gasteiger charge is 2.08. The lowest BCUT2D eigenvalue weighted by Gasteiger charge is -1.97. The Kier molecular flexibility index (Phi) is 3.43. The van der Waals surface area contributed by atoms with Crippen molar-refractivity contribution in [3.05, 3.63) is 33.2 Å². The van der Waals surface area contributed by atoms with Crippen molar-refractivity contribution < 1.29 is 0 Å². The van der Waals surface area contributed by atoms with Crippen LogP contribution >= 0.6 is 38.9 Å². The smallest absolute Gasteiger partial charge is 0.0960 e. The standard InChI is InChI=1S/C9H9BrClN3S/c1-6(10)8-4-14(13-12-8)5-9-7(11)2-3-15-9/h2-4,6H,5H2,1H3. The molecule has 0 spiro atoms. The molecule has 3 nitrogen and oxygen atoms in total. The van der Waals surface area contributed by atoms with Gasteiger partial charge in [-0.2, -0.15) is 0 Å². The number of hydrogen-bond acceptors (Lipinski definition) is 3. The van der Waals surface area contributed by atoms with E-state index in [4.69, 9.17) is 11.6 Å². The molecule has 15 heavy (non-hydrogen) atoms. The van der Waals surface area contributed by atoms with E-state index in [2.05, 4.69) is 26.2 Å². The number of aromatic nitrogens is 3. The van der Waals surface area contributed by atoms with Crippen molar-refractivity contribution in [2.75, 3.05) is 0 Å². The van der Waals surface area contributed by atoms with Crippen LogP contribution in [0.5, 0.6) is 0 Å². The Morgan fingerprint density at radius 3 is 3.00 bits per heavy atom. The Labute approximate surface area is 105 Å². The van der Waals surface area contributed by atoms with E-state index in [-0.39, 0.29) is 4.83 Å². The van der Waals surface area contributed by atoms with E-state index >= 15 is 0 Å². The molecule has 0 radical (unpaired) electrons. The van der Waals surface area contributed by atoms with Gasteiger partial charge in [0.25, 0.3) is 0 Å². The minimum absolute atomic E-state index is 0.227. The molecule has 0 amide bonds. The van der Waals surface area contributed by atoms with Gasteiger partial charge in [-0.05, 0) is 18.4 Å². The summed E-state index contributed by atoms with van der Waals surface area (Å²) in [6.45, 7) is 2.70. The minimum Gasteiger partial charge on any atom is -0.247 e. The fourth-order valence-corrected chi connectivity index (χ4v) is 2.45. The van der Waals surface area contributed by atoms with E-state index in [9.17, 15) is 0 Å². The highest BCUT2D eigenvalue weighted by Crippen LogP contribution is 2.23. The van der Waals surface area contributed by atoms with Crippen molar-refractivity contribution in [3.8, 4) is 0 Å². The Bertz CT molecular complexity index is 452. The molecule has 2 aromatic heterocycles. The van der Waals surface area contributed by atoms with E-state index in [0.717, 1.165) is 15.6 Å². The molecule has 0 aliphatic rings. The number of halogens is 2. The predicted molar refractivity (Wildman–Crippen MR) is 65.8 cm³/mol. The van der Waals surface area contributed by atoms with E-state index in [0.29, 0.717) is 6.54 Å². The van der Waals surface area contributed by atoms with Crippen molar-refractivity contribution >= 4 is 38.9 Å². The Balaban J connectivity index is 2.15. The first kappa shape index (κ1) is 11.1. The van der Waals surface area contributed by atoms with Crippen LogP contribution in [0.3, 0.4) is 0 Å².